The summed E-state index contributed by atoms with van der Waals surface area (Å²) >= 11 is 0. The summed E-state index contributed by atoms with van der Waals surface area (Å²) < 4.78 is 5.00. The molecule has 0 spiro atoms. The first-order chi connectivity index (χ1) is 3.83. The van der Waals surface area contributed by atoms with E-state index >= 15 is 0 Å². The molecule has 0 radical (unpaired) electrons. The fourth-order valence-electron chi connectivity index (χ4n) is 0.560. The summed E-state index contributed by atoms with van der Waals surface area (Å²) in [6.45, 7) is 5.53. The van der Waals surface area contributed by atoms with Gasteiger partial charge >= 0.3 is 0 Å². The molecule has 0 aliphatic rings. The van der Waals surface area contributed by atoms with Crippen LogP contribution in [0.2, 0.25) is 0 Å². The Labute approximate surface area is 48.6 Å². The van der Waals surface area contributed by atoms with Crippen molar-refractivity contribution in [1.29, 1.82) is 0 Å². The number of furan rings is 1. The second kappa shape index (κ2) is 1.86. The highest BCUT2D eigenvalue weighted by atomic mass is 16.3. The normalized spacial score (nSPS) is 9.12. The number of hydrogen-bond donors (Lipinski definition) is 0. The van der Waals surface area contributed by atoms with Crippen LogP contribution in [0.3, 0.4) is 0 Å². The van der Waals surface area contributed by atoms with Crippen LogP contribution in [0, 0.1) is 6.92 Å². The minimum absolute atomic E-state index is 0.836. The molecule has 1 heterocycles. The molecule has 0 saturated heterocycles. The standard InChI is InChI=1S/C7H8O/c1-3-7-4-6(2)5-8-7/h3-5H,1H2,2H3. The molecule has 0 bridgehead atoms. The molecular formula is C7H8O. The molecule has 0 saturated carbocycles. The van der Waals surface area contributed by atoms with E-state index in [1.54, 1.807) is 12.3 Å². The van der Waals surface area contributed by atoms with Crippen molar-refractivity contribution in [3.8, 4) is 0 Å². The first kappa shape index (κ1) is 5.16. The largest absolute Gasteiger partial charge is 0.465 e. The number of hydrogen-bond acceptors (Lipinski definition) is 1. The third-order valence-electron chi connectivity index (χ3n) is 0.952. The van der Waals surface area contributed by atoms with Crippen molar-refractivity contribution in [3.63, 3.8) is 0 Å². The zero-order valence-corrected chi connectivity index (χ0v) is 4.85. The van der Waals surface area contributed by atoms with Gasteiger partial charge in [-0.3, -0.25) is 0 Å². The minimum atomic E-state index is 0.836. The molecule has 0 amide bonds. The number of aryl methyl sites for hydroxylation is 1. The van der Waals surface area contributed by atoms with Gasteiger partial charge in [-0.1, -0.05) is 6.58 Å². The Balaban J connectivity index is 3.00. The van der Waals surface area contributed by atoms with Crippen LogP contribution in [0.1, 0.15) is 11.3 Å². The Morgan fingerprint density at radius 3 is 2.75 bits per heavy atom. The van der Waals surface area contributed by atoms with E-state index in [0.29, 0.717) is 0 Å². The molecule has 1 aromatic rings. The van der Waals surface area contributed by atoms with Gasteiger partial charge < -0.3 is 4.42 Å². The van der Waals surface area contributed by atoms with Gasteiger partial charge in [0.25, 0.3) is 0 Å². The van der Waals surface area contributed by atoms with Crippen molar-refractivity contribution < 1.29 is 4.42 Å². The fourth-order valence-corrected chi connectivity index (χ4v) is 0.560. The second-order valence-electron chi connectivity index (χ2n) is 1.73. The van der Waals surface area contributed by atoms with E-state index in [1.807, 2.05) is 13.0 Å². The van der Waals surface area contributed by atoms with E-state index in [4.69, 9.17) is 4.42 Å². The zero-order chi connectivity index (χ0) is 5.98. The second-order valence-corrected chi connectivity index (χ2v) is 1.73. The van der Waals surface area contributed by atoms with Crippen LogP contribution in [0.4, 0.5) is 0 Å². The molecule has 42 valence electrons. The summed E-state index contributed by atoms with van der Waals surface area (Å²) in [5, 5.41) is 0. The molecule has 0 fully saturated rings. The van der Waals surface area contributed by atoms with Gasteiger partial charge in [0, 0.05) is 0 Å². The Kier molecular flexibility index (Phi) is 1.20. The molecular weight excluding hydrogens is 100 g/mol. The highest BCUT2D eigenvalue weighted by molar-refractivity contribution is 5.40. The predicted octanol–water partition coefficient (Wildman–Crippen LogP) is 2.23. The van der Waals surface area contributed by atoms with E-state index in [-0.39, 0.29) is 0 Å². The van der Waals surface area contributed by atoms with Gasteiger partial charge in [-0.15, -0.1) is 0 Å². The predicted molar refractivity (Wildman–Crippen MR) is 33.5 cm³/mol. The van der Waals surface area contributed by atoms with Crippen molar-refractivity contribution in [2.45, 2.75) is 6.92 Å². The third-order valence-corrected chi connectivity index (χ3v) is 0.952. The van der Waals surface area contributed by atoms with Crippen molar-refractivity contribution >= 4 is 6.08 Å². The molecule has 1 rings (SSSR count). The van der Waals surface area contributed by atoms with Crippen molar-refractivity contribution in [2.75, 3.05) is 0 Å². The molecule has 0 N–H and O–H groups in total. The van der Waals surface area contributed by atoms with Gasteiger partial charge in [0.15, 0.2) is 0 Å². The molecule has 1 nitrogen and oxygen atoms in total. The Morgan fingerprint density at radius 2 is 2.50 bits per heavy atom. The SMILES string of the molecule is C=Cc1cc(C)co1. The van der Waals surface area contributed by atoms with Crippen LogP contribution in [0.15, 0.2) is 23.3 Å². The highest BCUT2D eigenvalue weighted by Crippen LogP contribution is 2.05. The third kappa shape index (κ3) is 0.808. The minimum Gasteiger partial charge on any atom is -0.465 e. The molecule has 0 aliphatic carbocycles. The zero-order valence-electron chi connectivity index (χ0n) is 4.85. The lowest BCUT2D eigenvalue weighted by Crippen LogP contribution is -1.55. The maximum absolute atomic E-state index is 5.00. The molecule has 0 aromatic carbocycles. The lowest BCUT2D eigenvalue weighted by atomic mass is 10.3. The molecule has 0 unspecified atom stereocenters. The van der Waals surface area contributed by atoms with Gasteiger partial charge in [-0.2, -0.15) is 0 Å². The average molecular weight is 108 g/mol. The van der Waals surface area contributed by atoms with E-state index in [9.17, 15) is 0 Å². The maximum atomic E-state index is 5.00. The Hall–Kier alpha value is -0.980. The quantitative estimate of drug-likeness (QED) is 0.537. The van der Waals surface area contributed by atoms with Crippen LogP contribution in [-0.2, 0) is 0 Å². The summed E-state index contributed by atoms with van der Waals surface area (Å²) in [5.41, 5.74) is 1.14. The lowest BCUT2D eigenvalue weighted by molar-refractivity contribution is 0.555. The van der Waals surface area contributed by atoms with Gasteiger partial charge in [-0.05, 0) is 24.6 Å². The monoisotopic (exact) mass is 108 g/mol. The summed E-state index contributed by atoms with van der Waals surface area (Å²) in [6.07, 6.45) is 3.39. The Morgan fingerprint density at radius 1 is 1.75 bits per heavy atom. The number of rotatable bonds is 1. The first-order valence-corrected chi connectivity index (χ1v) is 2.50. The van der Waals surface area contributed by atoms with Gasteiger partial charge in [0.05, 0.1) is 6.26 Å². The fraction of sp³-hybridized carbons (Fsp3) is 0.143. The van der Waals surface area contributed by atoms with Crippen LogP contribution in [0.5, 0.6) is 0 Å². The molecule has 1 heteroatoms. The van der Waals surface area contributed by atoms with E-state index in [0.717, 1.165) is 11.3 Å². The smallest absolute Gasteiger partial charge is 0.126 e. The van der Waals surface area contributed by atoms with E-state index < -0.39 is 0 Å². The summed E-state index contributed by atoms with van der Waals surface area (Å²) in [4.78, 5) is 0. The lowest BCUT2D eigenvalue weighted by Gasteiger charge is -1.73. The summed E-state index contributed by atoms with van der Waals surface area (Å²) in [6, 6.07) is 1.94. The topological polar surface area (TPSA) is 13.1 Å². The van der Waals surface area contributed by atoms with Gasteiger partial charge in [0.1, 0.15) is 5.76 Å². The van der Waals surface area contributed by atoms with Crippen LogP contribution >= 0.6 is 0 Å². The van der Waals surface area contributed by atoms with E-state index in [2.05, 4.69) is 6.58 Å². The summed E-state index contributed by atoms with van der Waals surface area (Å²) in [5.74, 6) is 0.836. The first-order valence-electron chi connectivity index (χ1n) is 2.50. The maximum Gasteiger partial charge on any atom is 0.126 e. The summed E-state index contributed by atoms with van der Waals surface area (Å²) in [7, 11) is 0. The Bertz CT molecular complexity index is 186. The molecule has 1 aromatic heterocycles. The average Bonchev–Trinajstić information content (AvgIpc) is 2.14. The van der Waals surface area contributed by atoms with Gasteiger partial charge in [0.2, 0.25) is 0 Å². The van der Waals surface area contributed by atoms with Crippen LogP contribution in [0.25, 0.3) is 6.08 Å². The molecule has 8 heavy (non-hydrogen) atoms. The van der Waals surface area contributed by atoms with Crippen molar-refractivity contribution in [2.24, 2.45) is 0 Å². The van der Waals surface area contributed by atoms with Crippen molar-refractivity contribution in [1.82, 2.24) is 0 Å². The molecule has 0 atom stereocenters. The van der Waals surface area contributed by atoms with Crippen molar-refractivity contribution in [3.05, 3.63) is 30.2 Å². The van der Waals surface area contributed by atoms with Crippen LogP contribution in [-0.4, -0.2) is 0 Å². The molecule has 0 aliphatic heterocycles. The van der Waals surface area contributed by atoms with E-state index in [1.165, 1.54) is 0 Å². The van der Waals surface area contributed by atoms with Gasteiger partial charge in [-0.25, -0.2) is 0 Å². The van der Waals surface area contributed by atoms with Crippen LogP contribution < -0.4 is 0 Å². The highest BCUT2D eigenvalue weighted by Gasteiger charge is 1.88.